The van der Waals surface area contributed by atoms with E-state index in [9.17, 15) is 4.79 Å². The molecule has 0 heterocycles. The van der Waals surface area contributed by atoms with Crippen LogP contribution in [-0.4, -0.2) is 16.9 Å². The molecule has 1 unspecified atom stereocenters. The maximum atomic E-state index is 11.4. The van der Waals surface area contributed by atoms with E-state index in [2.05, 4.69) is 12.2 Å². The van der Waals surface area contributed by atoms with Crippen LogP contribution in [0.15, 0.2) is 0 Å². The minimum atomic E-state index is -0.192. The molecule has 0 rings (SSSR count). The van der Waals surface area contributed by atoms with Crippen molar-refractivity contribution in [2.75, 3.05) is 0 Å². The Labute approximate surface area is 97.8 Å². The molecular weight excluding hydrogens is 208 g/mol. The molecule has 0 aromatic carbocycles. The summed E-state index contributed by atoms with van der Waals surface area (Å²) in [4.78, 5) is 11.7. The van der Waals surface area contributed by atoms with Crippen LogP contribution in [0.3, 0.4) is 0 Å². The smallest absolute Gasteiger partial charge is 0.220 e. The molecule has 4 heteroatoms. The molecule has 0 aliphatic heterocycles. The van der Waals surface area contributed by atoms with Gasteiger partial charge in [-0.05, 0) is 13.3 Å². The highest BCUT2D eigenvalue weighted by Crippen LogP contribution is 2.04. The van der Waals surface area contributed by atoms with Crippen molar-refractivity contribution < 1.29 is 4.79 Å². The number of rotatable bonds is 8. The number of thiocarbonyl (C=S) groups is 1. The molecule has 0 saturated heterocycles. The van der Waals surface area contributed by atoms with E-state index >= 15 is 0 Å². The van der Waals surface area contributed by atoms with E-state index in [-0.39, 0.29) is 11.9 Å². The highest BCUT2D eigenvalue weighted by Gasteiger charge is 2.08. The van der Waals surface area contributed by atoms with E-state index in [1.807, 2.05) is 0 Å². The molecule has 0 radical (unpaired) electrons. The highest BCUT2D eigenvalue weighted by molar-refractivity contribution is 7.80. The summed E-state index contributed by atoms with van der Waals surface area (Å²) in [6, 6.07) is -0.192. The predicted octanol–water partition coefficient (Wildman–Crippen LogP) is 2.14. The van der Waals surface area contributed by atoms with Crippen LogP contribution in [-0.2, 0) is 4.79 Å². The minimum Gasteiger partial charge on any atom is -0.392 e. The van der Waals surface area contributed by atoms with Crippen molar-refractivity contribution in [2.24, 2.45) is 5.73 Å². The summed E-state index contributed by atoms with van der Waals surface area (Å²) in [5.74, 6) is 0.0480. The lowest BCUT2D eigenvalue weighted by molar-refractivity contribution is -0.121. The molecular formula is C11H22N2OS. The third-order valence-electron chi connectivity index (χ3n) is 2.31. The Morgan fingerprint density at radius 3 is 2.47 bits per heavy atom. The van der Waals surface area contributed by atoms with Gasteiger partial charge >= 0.3 is 0 Å². The maximum absolute atomic E-state index is 11.4. The first-order chi connectivity index (χ1) is 7.07. The largest absolute Gasteiger partial charge is 0.392 e. The molecule has 0 saturated carbocycles. The summed E-state index contributed by atoms with van der Waals surface area (Å²) in [5.41, 5.74) is 5.40. The van der Waals surface area contributed by atoms with Crippen molar-refractivity contribution in [1.29, 1.82) is 0 Å². The van der Waals surface area contributed by atoms with Gasteiger partial charge in [0.25, 0.3) is 0 Å². The molecule has 3 nitrogen and oxygen atoms in total. The summed E-state index contributed by atoms with van der Waals surface area (Å²) >= 11 is 4.77. The Kier molecular flexibility index (Phi) is 8.28. The third-order valence-corrected chi connectivity index (χ3v) is 2.67. The Bertz CT molecular complexity index is 207. The van der Waals surface area contributed by atoms with Crippen LogP contribution in [0.1, 0.15) is 52.4 Å². The summed E-state index contributed by atoms with van der Waals surface area (Å²) in [6.45, 7) is 3.98. The van der Waals surface area contributed by atoms with Crippen LogP contribution in [0.5, 0.6) is 0 Å². The van der Waals surface area contributed by atoms with Gasteiger partial charge in [0.1, 0.15) is 0 Å². The molecule has 88 valence electrons. The zero-order chi connectivity index (χ0) is 11.7. The number of hydrogen-bond donors (Lipinski definition) is 2. The lowest BCUT2D eigenvalue weighted by Gasteiger charge is -2.11. The number of unbranched alkanes of at least 4 members (excludes halogenated alkanes) is 4. The average molecular weight is 230 g/mol. The third kappa shape index (κ3) is 8.36. The SMILES string of the molecule is CCCCCCCC(=O)NC(C)C(N)=S. The monoisotopic (exact) mass is 230 g/mol. The van der Waals surface area contributed by atoms with Gasteiger partial charge in [-0.1, -0.05) is 44.8 Å². The van der Waals surface area contributed by atoms with Crippen LogP contribution in [0.4, 0.5) is 0 Å². The van der Waals surface area contributed by atoms with Crippen molar-refractivity contribution in [3.8, 4) is 0 Å². The normalized spacial score (nSPS) is 12.1. The van der Waals surface area contributed by atoms with E-state index in [1.54, 1.807) is 6.92 Å². The molecule has 0 aliphatic carbocycles. The van der Waals surface area contributed by atoms with Crippen LogP contribution in [0.2, 0.25) is 0 Å². The standard InChI is InChI=1S/C11H22N2OS/c1-3-4-5-6-7-8-10(14)13-9(2)11(12)15/h9H,3-8H2,1-2H3,(H2,12,15)(H,13,14). The molecule has 15 heavy (non-hydrogen) atoms. The Hall–Kier alpha value is -0.640. The molecule has 0 bridgehead atoms. The predicted molar refractivity (Wildman–Crippen MR) is 67.8 cm³/mol. The molecule has 0 aliphatic rings. The second-order valence-corrected chi connectivity index (χ2v) is 4.33. The lowest BCUT2D eigenvalue weighted by atomic mass is 10.1. The minimum absolute atomic E-state index is 0.0480. The van der Waals surface area contributed by atoms with E-state index in [0.717, 1.165) is 12.8 Å². The van der Waals surface area contributed by atoms with Gasteiger partial charge in [0, 0.05) is 6.42 Å². The fourth-order valence-electron chi connectivity index (χ4n) is 1.27. The number of carbonyl (C=O) groups is 1. The van der Waals surface area contributed by atoms with Crippen LogP contribution < -0.4 is 11.1 Å². The average Bonchev–Trinajstić information content (AvgIpc) is 2.17. The van der Waals surface area contributed by atoms with Crippen molar-refractivity contribution in [2.45, 2.75) is 58.4 Å². The molecule has 0 spiro atoms. The van der Waals surface area contributed by atoms with E-state index in [1.165, 1.54) is 19.3 Å². The fourth-order valence-corrected chi connectivity index (χ4v) is 1.33. The Balaban J connectivity index is 3.45. The first kappa shape index (κ1) is 14.4. The number of nitrogens with one attached hydrogen (secondary N) is 1. The summed E-state index contributed by atoms with van der Waals surface area (Å²) < 4.78 is 0. The van der Waals surface area contributed by atoms with Gasteiger partial charge in [-0.2, -0.15) is 0 Å². The van der Waals surface area contributed by atoms with Crippen molar-refractivity contribution >= 4 is 23.1 Å². The van der Waals surface area contributed by atoms with Gasteiger partial charge in [0.05, 0.1) is 11.0 Å². The molecule has 3 N–H and O–H groups in total. The zero-order valence-electron chi connectivity index (χ0n) is 9.71. The lowest BCUT2D eigenvalue weighted by Crippen LogP contribution is -2.41. The molecule has 1 atom stereocenters. The highest BCUT2D eigenvalue weighted by atomic mass is 32.1. The van der Waals surface area contributed by atoms with Crippen LogP contribution in [0.25, 0.3) is 0 Å². The van der Waals surface area contributed by atoms with Crippen molar-refractivity contribution in [3.63, 3.8) is 0 Å². The van der Waals surface area contributed by atoms with Gasteiger partial charge in [-0.25, -0.2) is 0 Å². The van der Waals surface area contributed by atoms with E-state index in [4.69, 9.17) is 18.0 Å². The number of carbonyl (C=O) groups excluding carboxylic acids is 1. The van der Waals surface area contributed by atoms with E-state index in [0.29, 0.717) is 11.4 Å². The van der Waals surface area contributed by atoms with Gasteiger partial charge in [-0.3, -0.25) is 4.79 Å². The van der Waals surface area contributed by atoms with E-state index < -0.39 is 0 Å². The number of nitrogens with two attached hydrogens (primary N) is 1. The Morgan fingerprint density at radius 1 is 1.33 bits per heavy atom. The summed E-state index contributed by atoms with van der Waals surface area (Å²) in [7, 11) is 0. The van der Waals surface area contributed by atoms with Gasteiger partial charge in [-0.15, -0.1) is 0 Å². The Morgan fingerprint density at radius 2 is 1.93 bits per heavy atom. The summed E-state index contributed by atoms with van der Waals surface area (Å²) in [5, 5.41) is 2.77. The quantitative estimate of drug-likeness (QED) is 0.496. The molecule has 1 amide bonds. The van der Waals surface area contributed by atoms with Gasteiger partial charge < -0.3 is 11.1 Å². The molecule has 0 fully saturated rings. The first-order valence-electron chi connectivity index (χ1n) is 5.66. The first-order valence-corrected chi connectivity index (χ1v) is 6.07. The topological polar surface area (TPSA) is 55.1 Å². The summed E-state index contributed by atoms with van der Waals surface area (Å²) in [6.07, 6.45) is 6.36. The second kappa shape index (κ2) is 8.65. The second-order valence-electron chi connectivity index (χ2n) is 3.86. The number of amides is 1. The number of hydrogen-bond acceptors (Lipinski definition) is 2. The maximum Gasteiger partial charge on any atom is 0.220 e. The van der Waals surface area contributed by atoms with Gasteiger partial charge in [0.2, 0.25) is 5.91 Å². The van der Waals surface area contributed by atoms with Crippen LogP contribution >= 0.6 is 12.2 Å². The van der Waals surface area contributed by atoms with Crippen LogP contribution in [0, 0.1) is 0 Å². The van der Waals surface area contributed by atoms with Crippen molar-refractivity contribution in [1.82, 2.24) is 5.32 Å². The van der Waals surface area contributed by atoms with Crippen molar-refractivity contribution in [3.05, 3.63) is 0 Å². The fraction of sp³-hybridized carbons (Fsp3) is 0.818. The molecule has 0 aromatic rings. The van der Waals surface area contributed by atoms with Gasteiger partial charge in [0.15, 0.2) is 0 Å². The zero-order valence-corrected chi connectivity index (χ0v) is 10.5. The molecule has 0 aromatic heterocycles.